The van der Waals surface area contributed by atoms with Gasteiger partial charge in [-0.05, 0) is 98.1 Å². The molecule has 2 atom stereocenters. The van der Waals surface area contributed by atoms with E-state index >= 15 is 4.39 Å². The molecule has 3 aromatic rings. The molecule has 1 aromatic heterocycles. The first kappa shape index (κ1) is 39.4. The van der Waals surface area contributed by atoms with Crippen LogP contribution in [0.5, 0.6) is 5.75 Å². The maximum absolute atomic E-state index is 15.9. The normalized spacial score (nSPS) is 15.0. The zero-order chi connectivity index (χ0) is 38.0. The summed E-state index contributed by atoms with van der Waals surface area (Å²) in [5, 5.41) is 12.1. The van der Waals surface area contributed by atoms with E-state index in [1.807, 2.05) is 4.90 Å². The van der Waals surface area contributed by atoms with Crippen LogP contribution >= 0.6 is 0 Å². The number of carboxylic acid groups (broad SMARTS) is 1. The number of hydrogen-bond donors (Lipinski definition) is 2. The van der Waals surface area contributed by atoms with Crippen molar-refractivity contribution in [1.82, 2.24) is 14.8 Å². The van der Waals surface area contributed by atoms with Gasteiger partial charge in [0.1, 0.15) is 17.6 Å². The second kappa shape index (κ2) is 15.5. The molecule has 2 heterocycles. The van der Waals surface area contributed by atoms with Crippen LogP contribution in [-0.2, 0) is 28.4 Å². The number of nitrogens with zero attached hydrogens (tertiary/aromatic N) is 2. The van der Waals surface area contributed by atoms with Gasteiger partial charge < -0.3 is 24.6 Å². The summed E-state index contributed by atoms with van der Waals surface area (Å²) in [5.41, 5.74) is -3.98. The number of carboxylic acids is 1. The van der Waals surface area contributed by atoms with E-state index in [2.05, 4.69) is 5.32 Å². The SMILES string of the molecule is COc1ccc(C)c(-c2cc(C(CC(=O)O)NC(=O)C(CC(C)C)n3cc(CCN4CCC4)c(C(F)(F)F)cc3=O)c(F)c(C(F)(F)F)c2)c1C. The van der Waals surface area contributed by atoms with Crippen LogP contribution in [0.3, 0.4) is 0 Å². The van der Waals surface area contributed by atoms with Crippen molar-refractivity contribution in [3.8, 4) is 16.9 Å². The lowest BCUT2D eigenvalue weighted by Crippen LogP contribution is -2.41. The van der Waals surface area contributed by atoms with E-state index in [1.165, 1.54) is 7.11 Å². The number of aryl methyl sites for hydroxylation is 1. The van der Waals surface area contributed by atoms with E-state index in [0.29, 0.717) is 42.1 Å². The highest BCUT2D eigenvalue weighted by Gasteiger charge is 2.39. The molecule has 2 unspecified atom stereocenters. The van der Waals surface area contributed by atoms with Gasteiger partial charge in [-0.15, -0.1) is 0 Å². The Labute approximate surface area is 290 Å². The number of nitrogens with one attached hydrogen (secondary N) is 1. The Balaban J connectivity index is 1.86. The topological polar surface area (TPSA) is 101 Å². The number of rotatable bonds is 13. The summed E-state index contributed by atoms with van der Waals surface area (Å²) in [6.45, 7) is 8.23. The number of benzene rings is 2. The van der Waals surface area contributed by atoms with Crippen molar-refractivity contribution in [2.75, 3.05) is 26.7 Å². The number of hydrogen-bond acceptors (Lipinski definition) is 5. The maximum atomic E-state index is 15.9. The van der Waals surface area contributed by atoms with Crippen LogP contribution in [0.2, 0.25) is 0 Å². The molecule has 0 saturated carbocycles. The second-order valence-corrected chi connectivity index (χ2v) is 13.2. The summed E-state index contributed by atoms with van der Waals surface area (Å²) < 4.78 is 107. The van der Waals surface area contributed by atoms with Crippen LogP contribution in [0.4, 0.5) is 30.7 Å². The van der Waals surface area contributed by atoms with Gasteiger partial charge in [-0.25, -0.2) is 4.39 Å². The minimum atomic E-state index is -5.23. The van der Waals surface area contributed by atoms with Gasteiger partial charge in [0, 0.05) is 24.4 Å². The Bertz CT molecular complexity index is 1830. The first-order valence-electron chi connectivity index (χ1n) is 16.3. The zero-order valence-corrected chi connectivity index (χ0v) is 28.8. The number of amides is 1. The van der Waals surface area contributed by atoms with Crippen molar-refractivity contribution < 1.29 is 50.2 Å². The van der Waals surface area contributed by atoms with Crippen molar-refractivity contribution >= 4 is 11.9 Å². The molecule has 0 aliphatic carbocycles. The summed E-state index contributed by atoms with van der Waals surface area (Å²) in [7, 11) is 1.36. The first-order valence-corrected chi connectivity index (χ1v) is 16.3. The molecule has 1 aliphatic rings. The van der Waals surface area contributed by atoms with E-state index in [1.54, 1.807) is 39.8 Å². The van der Waals surface area contributed by atoms with Crippen LogP contribution in [0.25, 0.3) is 11.1 Å². The lowest BCUT2D eigenvalue weighted by atomic mass is 9.89. The van der Waals surface area contributed by atoms with E-state index in [4.69, 9.17) is 4.74 Å². The highest BCUT2D eigenvalue weighted by atomic mass is 19.4. The van der Waals surface area contributed by atoms with E-state index in [0.717, 1.165) is 23.3 Å². The molecule has 278 valence electrons. The average molecular weight is 728 g/mol. The molecule has 0 bridgehead atoms. The van der Waals surface area contributed by atoms with Gasteiger partial charge in [-0.1, -0.05) is 19.9 Å². The largest absolute Gasteiger partial charge is 0.496 e. The summed E-state index contributed by atoms with van der Waals surface area (Å²) in [6, 6.07) is 1.82. The number of aromatic nitrogens is 1. The summed E-state index contributed by atoms with van der Waals surface area (Å²) >= 11 is 0. The Morgan fingerprint density at radius 1 is 1.00 bits per heavy atom. The van der Waals surface area contributed by atoms with Crippen LogP contribution < -0.4 is 15.6 Å². The minimum absolute atomic E-state index is 0.0892. The van der Waals surface area contributed by atoms with E-state index < -0.39 is 70.8 Å². The number of methoxy groups -OCH3 is 1. The number of carbonyl (C=O) groups excluding carboxylic acids is 1. The molecule has 51 heavy (non-hydrogen) atoms. The molecule has 2 aromatic carbocycles. The fourth-order valence-corrected chi connectivity index (χ4v) is 6.40. The van der Waals surface area contributed by atoms with Gasteiger partial charge in [0.05, 0.1) is 30.7 Å². The quantitative estimate of drug-likeness (QED) is 0.177. The fraction of sp³-hybridized carbons (Fsp3) is 0.472. The number of ether oxygens (including phenoxy) is 1. The Kier molecular flexibility index (Phi) is 11.9. The maximum Gasteiger partial charge on any atom is 0.419 e. The molecule has 8 nitrogen and oxygen atoms in total. The van der Waals surface area contributed by atoms with Crippen LogP contribution in [-0.4, -0.2) is 53.2 Å². The molecule has 0 radical (unpaired) electrons. The van der Waals surface area contributed by atoms with Crippen molar-refractivity contribution in [1.29, 1.82) is 0 Å². The number of carbonyl (C=O) groups is 2. The number of pyridine rings is 1. The smallest absolute Gasteiger partial charge is 0.419 e. The fourth-order valence-electron chi connectivity index (χ4n) is 6.40. The van der Waals surface area contributed by atoms with Crippen LogP contribution in [0.15, 0.2) is 41.3 Å². The Hall–Kier alpha value is -4.40. The predicted molar refractivity (Wildman–Crippen MR) is 175 cm³/mol. The van der Waals surface area contributed by atoms with Gasteiger partial charge in [0.25, 0.3) is 5.56 Å². The molecule has 1 aliphatic heterocycles. The standard InChI is InChI=1S/C36H40F7N3O5/c1-19(2)13-28(46-18-22(9-12-45-10-6-11-45)25(16-30(46)47)35(38,39)40)34(50)44-27(17-31(48)49)24-14-23(15-26(33(24)37)36(41,42)43)32-20(3)7-8-29(51-5)21(32)4/h7-8,14-16,18-19,27-28H,6,9-13,17H2,1-5H3,(H,44,50)(H,48,49). The third kappa shape index (κ3) is 9.10. The highest BCUT2D eigenvalue weighted by Crippen LogP contribution is 2.41. The lowest BCUT2D eigenvalue weighted by molar-refractivity contribution is -0.140. The van der Waals surface area contributed by atoms with E-state index in [-0.39, 0.29) is 42.0 Å². The number of alkyl halides is 6. The molecule has 1 saturated heterocycles. The average Bonchev–Trinajstić information content (AvgIpc) is 2.98. The van der Waals surface area contributed by atoms with Crippen molar-refractivity contribution in [3.05, 3.63) is 86.1 Å². The molecule has 4 rings (SSSR count). The van der Waals surface area contributed by atoms with Gasteiger partial charge >= 0.3 is 18.3 Å². The van der Waals surface area contributed by atoms with Crippen LogP contribution in [0, 0.1) is 25.6 Å². The van der Waals surface area contributed by atoms with Gasteiger partial charge in [-0.2, -0.15) is 26.3 Å². The number of aliphatic carboxylic acids is 1. The molecular weight excluding hydrogens is 687 g/mol. The number of halogens is 7. The van der Waals surface area contributed by atoms with Crippen LogP contribution in [0.1, 0.15) is 78.6 Å². The highest BCUT2D eigenvalue weighted by molar-refractivity contribution is 5.82. The molecule has 1 amide bonds. The minimum Gasteiger partial charge on any atom is -0.496 e. The third-order valence-corrected chi connectivity index (χ3v) is 9.06. The first-order chi connectivity index (χ1) is 23.7. The molecule has 1 fully saturated rings. The van der Waals surface area contributed by atoms with Crippen molar-refractivity contribution in [2.24, 2.45) is 5.92 Å². The third-order valence-electron chi connectivity index (χ3n) is 9.06. The van der Waals surface area contributed by atoms with Crippen molar-refractivity contribution in [3.63, 3.8) is 0 Å². The molecular formula is C36H40F7N3O5. The van der Waals surface area contributed by atoms with Crippen molar-refractivity contribution in [2.45, 2.75) is 77.8 Å². The monoisotopic (exact) mass is 727 g/mol. The Morgan fingerprint density at radius 3 is 2.18 bits per heavy atom. The molecule has 15 heteroatoms. The number of likely N-dealkylation sites (tertiary alicyclic amines) is 1. The van der Waals surface area contributed by atoms with Gasteiger partial charge in [0.2, 0.25) is 5.91 Å². The predicted octanol–water partition coefficient (Wildman–Crippen LogP) is 7.49. The van der Waals surface area contributed by atoms with Gasteiger partial charge in [-0.3, -0.25) is 14.4 Å². The summed E-state index contributed by atoms with van der Waals surface area (Å²) in [4.78, 5) is 41.2. The molecule has 0 spiro atoms. The second-order valence-electron chi connectivity index (χ2n) is 13.2. The zero-order valence-electron chi connectivity index (χ0n) is 28.8. The van der Waals surface area contributed by atoms with E-state index in [9.17, 15) is 45.8 Å². The molecule has 2 N–H and O–H groups in total. The summed E-state index contributed by atoms with van der Waals surface area (Å²) in [5.74, 6) is -4.50. The van der Waals surface area contributed by atoms with Gasteiger partial charge in [0.15, 0.2) is 0 Å². The lowest BCUT2D eigenvalue weighted by Gasteiger charge is -2.31. The summed E-state index contributed by atoms with van der Waals surface area (Å²) in [6.07, 6.45) is -9.52. The Morgan fingerprint density at radius 2 is 1.65 bits per heavy atom.